The minimum atomic E-state index is -5.05. The van der Waals surface area contributed by atoms with Crippen molar-refractivity contribution >= 4 is 94.1 Å². The molecule has 5 heterocycles. The molecule has 0 saturated carbocycles. The van der Waals surface area contributed by atoms with E-state index in [1.54, 1.807) is 16.2 Å². The number of fused-ring (bicyclic) bond motifs is 2. The van der Waals surface area contributed by atoms with Gasteiger partial charge in [0.05, 0.1) is 34.8 Å². The van der Waals surface area contributed by atoms with Crippen LogP contribution in [0.3, 0.4) is 0 Å². The number of aryl methyl sites for hydroxylation is 2. The van der Waals surface area contributed by atoms with E-state index in [1.165, 1.54) is 45.9 Å². The Morgan fingerprint density at radius 1 is 0.895 bits per heavy atom. The number of β-amino-alcohol motifs (C(OH)–C–C–N with tert-alkyl or cyclic N) is 1. The summed E-state index contributed by atoms with van der Waals surface area (Å²) in [5.74, 6) is -3.05. The highest BCUT2D eigenvalue weighted by molar-refractivity contribution is 7.70. The number of thiazole rings is 1. The fourth-order valence-electron chi connectivity index (χ4n) is 11.0. The summed E-state index contributed by atoms with van der Waals surface area (Å²) in [4.78, 5) is 148. The molecule has 10 N–H and O–H groups in total. The van der Waals surface area contributed by atoms with Crippen molar-refractivity contribution in [2.75, 3.05) is 39.3 Å². The van der Waals surface area contributed by atoms with E-state index >= 15 is 0 Å². The SMILES string of the molecule is CC(=O)N1CC[C@H]2CCC(C(=O)CN(CCC(N)=O)CCc3cccc(CCCC(N)=O)c3Cl)N2C(=O)C(NC(=O)c2cc3cc(C(=O)P(=O)(O)O)ccc3[nH]2)C1.Cc1ncsc1-c1ccc(CNC(=O)[C@@H]2CC(O)CN2C(=O)CC(C)(C)C)cc1. The summed E-state index contributed by atoms with van der Waals surface area (Å²) in [5, 5.41) is 16.5. The number of nitrogens with one attached hydrogen (secondary N) is 3. The zero-order valence-electron chi connectivity index (χ0n) is 48.9. The van der Waals surface area contributed by atoms with Crippen molar-refractivity contribution in [2.45, 2.75) is 136 Å². The molecule has 0 aliphatic carbocycles. The number of benzene rings is 3. The molecule has 86 heavy (non-hydrogen) atoms. The topological polar surface area (TPSA) is 349 Å². The Labute approximate surface area is 507 Å². The Morgan fingerprint density at radius 2 is 1.59 bits per heavy atom. The average Bonchev–Trinajstić information content (AvgIpc) is 2.92. The van der Waals surface area contributed by atoms with Crippen molar-refractivity contribution in [2.24, 2.45) is 16.9 Å². The van der Waals surface area contributed by atoms with Crippen molar-refractivity contribution in [3.05, 3.63) is 111 Å². The van der Waals surface area contributed by atoms with E-state index in [4.69, 9.17) is 23.1 Å². The molecule has 0 bridgehead atoms. The van der Waals surface area contributed by atoms with Crippen LogP contribution < -0.4 is 22.1 Å². The van der Waals surface area contributed by atoms with Crippen LogP contribution in [0.4, 0.5) is 0 Å². The number of Topliss-reactive ketones (excluding diaryl/α,β-unsaturated/α-hetero) is 1. The third kappa shape index (κ3) is 17.7. The Balaban J connectivity index is 0.000000304. The maximum Gasteiger partial charge on any atom is 0.396 e. The number of halogens is 1. The van der Waals surface area contributed by atoms with Crippen LogP contribution in [0.5, 0.6) is 0 Å². The predicted octanol–water partition coefficient (Wildman–Crippen LogP) is 4.78. The van der Waals surface area contributed by atoms with E-state index in [9.17, 15) is 62.6 Å². The lowest BCUT2D eigenvalue weighted by Gasteiger charge is -2.38. The first kappa shape index (κ1) is 66.3. The van der Waals surface area contributed by atoms with Gasteiger partial charge >= 0.3 is 7.60 Å². The second kappa shape index (κ2) is 29.0. The molecule has 7 amide bonds. The molecule has 26 heteroatoms. The molecule has 3 aliphatic heterocycles. The first-order chi connectivity index (χ1) is 40.6. The number of aliphatic hydroxyl groups excluding tert-OH is 1. The number of likely N-dealkylation sites (tertiary alicyclic amines) is 1. The van der Waals surface area contributed by atoms with Crippen LogP contribution in [0, 0.1) is 12.3 Å². The molecule has 3 saturated heterocycles. The van der Waals surface area contributed by atoms with Crippen molar-refractivity contribution in [3.8, 4) is 10.4 Å². The predicted molar refractivity (Wildman–Crippen MR) is 323 cm³/mol. The van der Waals surface area contributed by atoms with Crippen LogP contribution in [0.15, 0.2) is 72.2 Å². The highest BCUT2D eigenvalue weighted by atomic mass is 35.5. The maximum atomic E-state index is 14.4. The fraction of sp³-hybridized carbons (Fsp3) is 0.467. The Kier molecular flexibility index (Phi) is 22.4. The molecule has 3 aromatic carbocycles. The second-order valence-corrected chi connectivity index (χ2v) is 26.1. The Bertz CT molecular complexity index is 3400. The number of carbonyl (C=O) groups is 9. The van der Waals surface area contributed by atoms with E-state index in [0.717, 1.165) is 32.8 Å². The lowest BCUT2D eigenvalue weighted by atomic mass is 9.91. The smallest absolute Gasteiger partial charge is 0.391 e. The number of rotatable bonds is 22. The molecular weight excluding hydrogens is 1170 g/mol. The van der Waals surface area contributed by atoms with E-state index in [1.807, 2.05) is 75.7 Å². The van der Waals surface area contributed by atoms with E-state index in [-0.39, 0.29) is 98.2 Å². The number of aliphatic hydroxyl groups is 1. The van der Waals surface area contributed by atoms with Gasteiger partial charge < -0.3 is 56.7 Å². The second-order valence-electron chi connectivity index (χ2n) is 23.4. The first-order valence-electron chi connectivity index (χ1n) is 28.5. The number of aromatic nitrogens is 2. The van der Waals surface area contributed by atoms with Gasteiger partial charge in [0, 0.05) is 99.4 Å². The quantitative estimate of drug-likeness (QED) is 0.0432. The summed E-state index contributed by atoms with van der Waals surface area (Å²) in [5.41, 5.74) is 16.0. The van der Waals surface area contributed by atoms with Gasteiger partial charge in [-0.1, -0.05) is 74.8 Å². The van der Waals surface area contributed by atoms with Crippen LogP contribution in [0.25, 0.3) is 21.3 Å². The standard InChI is InChI=1S/C38H47ClN7O10P.C22H29N3O3S/c1-22(47)45-17-13-27-9-11-31(32(48)21-44(16-14-34(41)50)15-12-24-5-2-4-23(35(24)39)6-3-7-33(40)49)46(27)37(52)30(20-45)43-36(51)29-19-26-18-25(8-10-28(26)42-29)38(53)57(54,55)56;1-14-20(29-13-24-14)16-7-5-15(6-8-16)11-23-21(28)18-9-17(26)12-25(18)19(27)10-22(2,3)4/h2,4-5,8,10,18-19,27,30-31,42H,3,6-7,9,11-17,20-21H2,1H3,(H2,40,49)(H2,41,50)(H,43,51)(H2,54,55,56);5-8,13,17-18,26H,9-12H2,1-4H3,(H,23,28)/t27-,30?,31?;17?,18-/m10/s1. The van der Waals surface area contributed by atoms with Crippen LogP contribution in [0.1, 0.15) is 122 Å². The van der Waals surface area contributed by atoms with Gasteiger partial charge in [0.2, 0.25) is 35.4 Å². The van der Waals surface area contributed by atoms with Crippen LogP contribution in [0.2, 0.25) is 5.02 Å². The Hall–Kier alpha value is -7.18. The summed E-state index contributed by atoms with van der Waals surface area (Å²) >= 11 is 8.33. The van der Waals surface area contributed by atoms with E-state index < -0.39 is 61.0 Å². The number of amides is 7. The molecule has 5 aromatic rings. The number of H-pyrrole nitrogens is 1. The molecule has 0 spiro atoms. The third-order valence-electron chi connectivity index (χ3n) is 15.5. The fourth-order valence-corrected chi connectivity index (χ4v) is 12.6. The zero-order chi connectivity index (χ0) is 62.8. The van der Waals surface area contributed by atoms with Crippen LogP contribution >= 0.6 is 30.5 Å². The summed E-state index contributed by atoms with van der Waals surface area (Å²) < 4.78 is 11.5. The molecule has 8 rings (SSSR count). The largest absolute Gasteiger partial charge is 0.396 e. The zero-order valence-corrected chi connectivity index (χ0v) is 51.4. The molecule has 5 atom stereocenters. The number of nitrogens with zero attached hydrogens (tertiary/aromatic N) is 5. The van der Waals surface area contributed by atoms with Crippen molar-refractivity contribution < 1.29 is 62.6 Å². The molecule has 3 fully saturated rings. The lowest BCUT2D eigenvalue weighted by Crippen LogP contribution is -2.60. The van der Waals surface area contributed by atoms with Gasteiger partial charge in [0.25, 0.3) is 11.4 Å². The minimum absolute atomic E-state index is 0.00581. The van der Waals surface area contributed by atoms with E-state index in [2.05, 4.69) is 20.6 Å². The maximum absolute atomic E-state index is 14.4. The van der Waals surface area contributed by atoms with Gasteiger partial charge in [0.1, 0.15) is 17.8 Å². The van der Waals surface area contributed by atoms with Gasteiger partial charge in [-0.3, -0.25) is 52.6 Å². The number of aromatic amines is 1. The highest BCUT2D eigenvalue weighted by Gasteiger charge is 2.46. The molecule has 462 valence electrons. The summed E-state index contributed by atoms with van der Waals surface area (Å²) in [7, 11) is -5.05. The normalized spacial score (nSPS) is 18.9. The third-order valence-corrected chi connectivity index (χ3v) is 17.7. The van der Waals surface area contributed by atoms with Crippen molar-refractivity contribution in [1.29, 1.82) is 0 Å². The van der Waals surface area contributed by atoms with Gasteiger partial charge in [-0.25, -0.2) is 4.98 Å². The average molecular weight is 1240 g/mol. The first-order valence-corrected chi connectivity index (χ1v) is 31.4. The lowest BCUT2D eigenvalue weighted by molar-refractivity contribution is -0.144. The van der Waals surface area contributed by atoms with Gasteiger partial charge in [-0.05, 0) is 97.4 Å². The number of hydrogen-bond acceptors (Lipinski definition) is 14. The van der Waals surface area contributed by atoms with Crippen LogP contribution in [-0.4, -0.2) is 167 Å². The number of carbonyl (C=O) groups excluding carboxylic acids is 9. The number of ketones is 1. The summed E-state index contributed by atoms with van der Waals surface area (Å²) in [6.45, 7) is 10.5. The molecule has 3 aliphatic rings. The van der Waals surface area contributed by atoms with Crippen LogP contribution in [-0.2, 0) is 57.5 Å². The van der Waals surface area contributed by atoms with Crippen molar-refractivity contribution in [3.63, 3.8) is 0 Å². The summed E-state index contributed by atoms with van der Waals surface area (Å²) in [6, 6.07) is 15.8. The van der Waals surface area contributed by atoms with E-state index in [0.29, 0.717) is 74.0 Å². The Morgan fingerprint density at radius 3 is 2.23 bits per heavy atom. The monoisotopic (exact) mass is 1240 g/mol. The van der Waals surface area contributed by atoms with Crippen molar-refractivity contribution in [1.82, 2.24) is 40.2 Å². The molecule has 3 unspecified atom stereocenters. The minimum Gasteiger partial charge on any atom is -0.391 e. The molecule has 0 radical (unpaired) electrons. The number of nitrogens with two attached hydrogens (primary N) is 2. The molecule has 23 nitrogen and oxygen atoms in total. The summed E-state index contributed by atoms with van der Waals surface area (Å²) in [6.07, 6.45) is 3.02. The van der Waals surface area contributed by atoms with Gasteiger partial charge in [-0.2, -0.15) is 0 Å². The number of hydrogen-bond donors (Lipinski definition) is 8. The van der Waals surface area contributed by atoms with Gasteiger partial charge in [-0.15, -0.1) is 11.3 Å². The highest BCUT2D eigenvalue weighted by Crippen LogP contribution is 2.40. The van der Waals surface area contributed by atoms with Gasteiger partial charge in [0.15, 0.2) is 5.78 Å². The molecule has 2 aromatic heterocycles. The number of primary amides is 2. The molecular formula is C60H76ClN10O13PS.